The number of hydrogen-bond donors (Lipinski definition) is 0. The summed E-state index contributed by atoms with van der Waals surface area (Å²) in [5.74, 6) is -0.174. The van der Waals surface area contributed by atoms with Gasteiger partial charge in [-0.25, -0.2) is 4.39 Å². The number of carbonyl (C=O) groups is 1. The number of halogens is 1. The van der Waals surface area contributed by atoms with Crippen LogP contribution in [0.15, 0.2) is 42.5 Å². The normalized spacial score (nSPS) is 11.0. The lowest BCUT2D eigenvalue weighted by Gasteiger charge is -2.07. The summed E-state index contributed by atoms with van der Waals surface area (Å²) in [4.78, 5) is 13.2. The Hall–Kier alpha value is -2.00. The molecule has 1 aromatic heterocycles. The summed E-state index contributed by atoms with van der Waals surface area (Å²) < 4.78 is 14.0. The molecule has 1 heterocycles. The van der Waals surface area contributed by atoms with Gasteiger partial charge in [0.25, 0.3) is 0 Å². The van der Waals surface area contributed by atoms with Crippen LogP contribution in [0, 0.1) is 19.7 Å². The first-order chi connectivity index (χ1) is 10.0. The molecule has 3 heteroatoms. The van der Waals surface area contributed by atoms with Gasteiger partial charge in [0.15, 0.2) is 5.78 Å². The Kier molecular flexibility index (Phi) is 3.60. The average molecular weight is 298 g/mol. The molecule has 0 amide bonds. The molecule has 2 aromatic carbocycles. The topological polar surface area (TPSA) is 17.1 Å². The highest BCUT2D eigenvalue weighted by molar-refractivity contribution is 7.20. The number of Topliss-reactive ketones (excluding diaryl/α,β-unsaturated/α-hetero) is 1. The molecule has 0 radical (unpaired) electrons. The van der Waals surface area contributed by atoms with Crippen LogP contribution in [0.2, 0.25) is 0 Å². The van der Waals surface area contributed by atoms with Crippen molar-refractivity contribution >= 4 is 27.2 Å². The highest BCUT2D eigenvalue weighted by atomic mass is 32.1. The zero-order valence-electron chi connectivity index (χ0n) is 11.9. The van der Waals surface area contributed by atoms with E-state index in [1.54, 1.807) is 6.07 Å². The van der Waals surface area contributed by atoms with Crippen molar-refractivity contribution in [2.24, 2.45) is 0 Å². The van der Waals surface area contributed by atoms with Crippen LogP contribution in [0.3, 0.4) is 0 Å². The Morgan fingerprint density at radius 3 is 2.52 bits per heavy atom. The highest BCUT2D eigenvalue weighted by Crippen LogP contribution is 2.28. The van der Waals surface area contributed by atoms with E-state index in [4.69, 9.17) is 0 Å². The molecule has 0 aliphatic carbocycles. The zero-order valence-corrected chi connectivity index (χ0v) is 12.8. The third-order valence-electron chi connectivity index (χ3n) is 3.74. The molecule has 1 nitrogen and oxygen atoms in total. The molecular weight excluding hydrogens is 283 g/mol. The lowest BCUT2D eigenvalue weighted by molar-refractivity contribution is 0.0996. The molecule has 0 aliphatic rings. The van der Waals surface area contributed by atoms with E-state index >= 15 is 0 Å². The number of aryl methyl sites for hydroxylation is 2. The van der Waals surface area contributed by atoms with Crippen LogP contribution in [0.1, 0.15) is 26.4 Å². The maximum Gasteiger partial charge on any atom is 0.177 e. The maximum atomic E-state index is 13.2. The van der Waals surface area contributed by atoms with Gasteiger partial charge in [-0.2, -0.15) is 0 Å². The maximum absolute atomic E-state index is 13.2. The molecule has 0 atom stereocenters. The summed E-state index contributed by atoms with van der Waals surface area (Å²) in [6, 6.07) is 12.5. The molecule has 0 aliphatic heterocycles. The van der Waals surface area contributed by atoms with Crippen molar-refractivity contribution < 1.29 is 9.18 Å². The summed E-state index contributed by atoms with van der Waals surface area (Å²) in [6.07, 6.45) is 0.397. The summed E-state index contributed by atoms with van der Waals surface area (Å²) >= 11 is 1.36. The van der Waals surface area contributed by atoms with E-state index in [2.05, 4.69) is 0 Å². The second kappa shape index (κ2) is 5.41. The van der Waals surface area contributed by atoms with Gasteiger partial charge in [0.2, 0.25) is 0 Å². The Labute approximate surface area is 127 Å². The summed E-state index contributed by atoms with van der Waals surface area (Å²) in [5, 5.41) is 0.922. The van der Waals surface area contributed by atoms with Crippen molar-refractivity contribution in [1.29, 1.82) is 0 Å². The first-order valence-corrected chi connectivity index (χ1v) is 7.63. The van der Waals surface area contributed by atoms with Crippen LogP contribution in [-0.2, 0) is 6.42 Å². The molecule has 0 fully saturated rings. The lowest BCUT2D eigenvalue weighted by atomic mass is 9.98. The van der Waals surface area contributed by atoms with Gasteiger partial charge in [0.05, 0.1) is 4.88 Å². The summed E-state index contributed by atoms with van der Waals surface area (Å²) in [6.45, 7) is 4.05. The fraction of sp³-hybridized carbons (Fsp3) is 0.167. The van der Waals surface area contributed by atoms with E-state index in [9.17, 15) is 9.18 Å². The van der Waals surface area contributed by atoms with Gasteiger partial charge >= 0.3 is 0 Å². The van der Waals surface area contributed by atoms with Gasteiger partial charge < -0.3 is 0 Å². The Morgan fingerprint density at radius 1 is 1.10 bits per heavy atom. The monoisotopic (exact) mass is 298 g/mol. The van der Waals surface area contributed by atoms with Gasteiger partial charge in [-0.1, -0.05) is 24.3 Å². The molecule has 0 saturated heterocycles. The van der Waals surface area contributed by atoms with Gasteiger partial charge in [0, 0.05) is 11.1 Å². The van der Waals surface area contributed by atoms with Crippen LogP contribution in [0.25, 0.3) is 10.1 Å². The van der Waals surface area contributed by atoms with E-state index < -0.39 is 0 Å². The highest BCUT2D eigenvalue weighted by Gasteiger charge is 2.14. The zero-order chi connectivity index (χ0) is 15.0. The summed E-state index contributed by atoms with van der Waals surface area (Å²) in [5.41, 5.74) is 3.36. The number of hydrogen-bond acceptors (Lipinski definition) is 2. The van der Waals surface area contributed by atoms with E-state index in [1.165, 1.54) is 23.5 Å². The number of thiophene rings is 1. The first-order valence-electron chi connectivity index (χ1n) is 6.82. The minimum absolute atomic E-state index is 0.0917. The third kappa shape index (κ3) is 2.74. The molecule has 3 rings (SSSR count). The van der Waals surface area contributed by atoms with E-state index in [0.717, 1.165) is 26.8 Å². The van der Waals surface area contributed by atoms with Gasteiger partial charge in [-0.15, -0.1) is 11.3 Å². The first kappa shape index (κ1) is 14.0. The second-order valence-electron chi connectivity index (χ2n) is 5.26. The molecule has 106 valence electrons. The van der Waals surface area contributed by atoms with Gasteiger partial charge in [0.1, 0.15) is 5.82 Å². The largest absolute Gasteiger partial charge is 0.293 e. The van der Waals surface area contributed by atoms with Crippen molar-refractivity contribution in [1.82, 2.24) is 0 Å². The molecular formula is C18H15FOS. The molecule has 0 bridgehead atoms. The second-order valence-corrected chi connectivity index (χ2v) is 6.35. The predicted octanol–water partition coefficient (Wildman–Crippen LogP) is 5.08. The molecule has 21 heavy (non-hydrogen) atoms. The molecule has 0 unspecified atom stereocenters. The van der Waals surface area contributed by atoms with E-state index in [1.807, 2.05) is 38.1 Å². The Balaban J connectivity index is 1.94. The van der Waals surface area contributed by atoms with Crippen molar-refractivity contribution in [2.75, 3.05) is 0 Å². The molecule has 0 saturated carbocycles. The number of carbonyl (C=O) groups excluding carboxylic acids is 1. The third-order valence-corrected chi connectivity index (χ3v) is 4.88. The molecule has 3 aromatic rings. The Bertz CT molecular complexity index is 812. The van der Waals surface area contributed by atoms with E-state index in [0.29, 0.717) is 11.3 Å². The lowest BCUT2D eigenvalue weighted by Crippen LogP contribution is -2.04. The predicted molar refractivity (Wildman–Crippen MR) is 85.7 cm³/mol. The SMILES string of the molecule is Cc1cccc(C)c1CC(=O)c1cc2ccc(F)cc2s1. The average Bonchev–Trinajstić information content (AvgIpc) is 2.86. The van der Waals surface area contributed by atoms with E-state index in [-0.39, 0.29) is 11.6 Å². The standard InChI is InChI=1S/C18H15FOS/c1-11-4-3-5-12(2)15(11)10-16(20)18-8-13-6-7-14(19)9-17(13)21-18/h3-9H,10H2,1-2H3. The molecule has 0 spiro atoms. The minimum atomic E-state index is -0.266. The van der Waals surface area contributed by atoms with Crippen molar-refractivity contribution in [3.05, 3.63) is 69.8 Å². The van der Waals surface area contributed by atoms with Gasteiger partial charge in [-0.3, -0.25) is 4.79 Å². The van der Waals surface area contributed by atoms with Crippen LogP contribution in [0.4, 0.5) is 4.39 Å². The fourth-order valence-corrected chi connectivity index (χ4v) is 3.54. The smallest absolute Gasteiger partial charge is 0.177 e. The number of rotatable bonds is 3. The number of fused-ring (bicyclic) bond motifs is 1. The van der Waals surface area contributed by atoms with Crippen molar-refractivity contribution in [3.8, 4) is 0 Å². The van der Waals surface area contributed by atoms with Crippen molar-refractivity contribution in [2.45, 2.75) is 20.3 Å². The summed E-state index contributed by atoms with van der Waals surface area (Å²) in [7, 11) is 0. The van der Waals surface area contributed by atoms with Crippen LogP contribution >= 0.6 is 11.3 Å². The van der Waals surface area contributed by atoms with Crippen molar-refractivity contribution in [3.63, 3.8) is 0 Å². The van der Waals surface area contributed by atoms with Gasteiger partial charge in [-0.05, 0) is 54.1 Å². The molecule has 0 N–H and O–H groups in total. The quantitative estimate of drug-likeness (QED) is 0.616. The number of ketones is 1. The fourth-order valence-electron chi connectivity index (χ4n) is 2.52. The van der Waals surface area contributed by atoms with Crippen LogP contribution in [0.5, 0.6) is 0 Å². The minimum Gasteiger partial charge on any atom is -0.293 e. The Morgan fingerprint density at radius 2 is 1.81 bits per heavy atom. The van der Waals surface area contributed by atoms with Crippen LogP contribution < -0.4 is 0 Å². The number of benzene rings is 2. The van der Waals surface area contributed by atoms with Crippen LogP contribution in [-0.4, -0.2) is 5.78 Å².